The van der Waals surface area contributed by atoms with Crippen LogP contribution in [0, 0.1) is 3.57 Å². The molecule has 0 heterocycles. The van der Waals surface area contributed by atoms with Gasteiger partial charge in [-0.15, -0.1) is 0 Å². The molecule has 0 aliphatic heterocycles. The standard InChI is InChI=1S/C10H14INO/c1-2-9(12)6-7-5-8(11)3-4-10(7)13/h3-5,9,13H,2,6,12H2,1H3. The molecule has 1 rings (SSSR count). The first-order valence-electron chi connectivity index (χ1n) is 4.36. The Hall–Kier alpha value is -0.290. The van der Waals surface area contributed by atoms with Crippen molar-refractivity contribution in [2.75, 3.05) is 0 Å². The predicted octanol–water partition coefficient (Wildman–Crippen LogP) is 2.28. The molecule has 2 nitrogen and oxygen atoms in total. The highest BCUT2D eigenvalue weighted by molar-refractivity contribution is 14.1. The maximum atomic E-state index is 9.52. The third-order valence-electron chi connectivity index (χ3n) is 2.05. The van der Waals surface area contributed by atoms with Crippen molar-refractivity contribution in [2.45, 2.75) is 25.8 Å². The second kappa shape index (κ2) is 4.81. The van der Waals surface area contributed by atoms with Crippen LogP contribution in [0.4, 0.5) is 0 Å². The van der Waals surface area contributed by atoms with Crippen molar-refractivity contribution < 1.29 is 5.11 Å². The summed E-state index contributed by atoms with van der Waals surface area (Å²) in [6, 6.07) is 5.73. The highest BCUT2D eigenvalue weighted by atomic mass is 127. The van der Waals surface area contributed by atoms with Gasteiger partial charge in [0.2, 0.25) is 0 Å². The van der Waals surface area contributed by atoms with Crippen LogP contribution in [0.5, 0.6) is 5.75 Å². The summed E-state index contributed by atoms with van der Waals surface area (Å²) in [7, 11) is 0. The average Bonchev–Trinajstić information content (AvgIpc) is 2.11. The van der Waals surface area contributed by atoms with Crippen LogP contribution in [0.3, 0.4) is 0 Å². The number of phenolic OH excluding ortho intramolecular Hbond substituents is 1. The van der Waals surface area contributed by atoms with Gasteiger partial charge in [-0.1, -0.05) is 6.92 Å². The van der Waals surface area contributed by atoms with E-state index in [1.165, 1.54) is 0 Å². The lowest BCUT2D eigenvalue weighted by atomic mass is 10.0. The molecule has 1 aromatic carbocycles. The van der Waals surface area contributed by atoms with Crippen molar-refractivity contribution >= 4 is 22.6 Å². The third-order valence-corrected chi connectivity index (χ3v) is 2.72. The molecule has 0 fully saturated rings. The van der Waals surface area contributed by atoms with Gasteiger partial charge in [0.25, 0.3) is 0 Å². The fourth-order valence-corrected chi connectivity index (χ4v) is 1.70. The first-order chi connectivity index (χ1) is 6.13. The van der Waals surface area contributed by atoms with E-state index in [-0.39, 0.29) is 6.04 Å². The zero-order valence-electron chi connectivity index (χ0n) is 7.63. The normalized spacial score (nSPS) is 12.8. The smallest absolute Gasteiger partial charge is 0.118 e. The Balaban J connectivity index is 2.81. The number of hydrogen-bond donors (Lipinski definition) is 2. The minimum Gasteiger partial charge on any atom is -0.508 e. The second-order valence-corrected chi connectivity index (χ2v) is 4.39. The quantitative estimate of drug-likeness (QED) is 0.839. The molecule has 13 heavy (non-hydrogen) atoms. The largest absolute Gasteiger partial charge is 0.508 e. The van der Waals surface area contributed by atoms with Gasteiger partial charge >= 0.3 is 0 Å². The van der Waals surface area contributed by atoms with Crippen LogP contribution in [0.25, 0.3) is 0 Å². The van der Waals surface area contributed by atoms with Crippen LogP contribution < -0.4 is 5.73 Å². The fraction of sp³-hybridized carbons (Fsp3) is 0.400. The maximum Gasteiger partial charge on any atom is 0.118 e. The van der Waals surface area contributed by atoms with Gasteiger partial charge in [-0.2, -0.15) is 0 Å². The van der Waals surface area contributed by atoms with E-state index in [1.54, 1.807) is 6.07 Å². The molecular weight excluding hydrogens is 277 g/mol. The van der Waals surface area contributed by atoms with E-state index in [1.807, 2.05) is 12.1 Å². The molecule has 72 valence electrons. The number of halogens is 1. The highest BCUT2D eigenvalue weighted by Gasteiger charge is 2.06. The summed E-state index contributed by atoms with van der Waals surface area (Å²) in [6.45, 7) is 2.05. The van der Waals surface area contributed by atoms with Gasteiger partial charge in [0, 0.05) is 9.61 Å². The first kappa shape index (κ1) is 10.8. The van der Waals surface area contributed by atoms with Gasteiger partial charge in [-0.3, -0.25) is 0 Å². The van der Waals surface area contributed by atoms with Gasteiger partial charge in [0.15, 0.2) is 0 Å². The first-order valence-corrected chi connectivity index (χ1v) is 5.44. The Kier molecular flexibility index (Phi) is 3.99. The van der Waals surface area contributed by atoms with Crippen LogP contribution in [0.15, 0.2) is 18.2 Å². The molecule has 0 saturated heterocycles. The Labute approximate surface area is 92.3 Å². The Bertz CT molecular complexity index is 288. The van der Waals surface area contributed by atoms with Gasteiger partial charge in [0.1, 0.15) is 5.75 Å². The van der Waals surface area contributed by atoms with Gasteiger partial charge in [-0.05, 0) is 59.2 Å². The number of rotatable bonds is 3. The van der Waals surface area contributed by atoms with Crippen LogP contribution in [-0.2, 0) is 6.42 Å². The third kappa shape index (κ3) is 3.15. The Morgan fingerprint density at radius 1 is 1.54 bits per heavy atom. The van der Waals surface area contributed by atoms with E-state index < -0.39 is 0 Å². The Morgan fingerprint density at radius 3 is 2.85 bits per heavy atom. The molecule has 0 bridgehead atoms. The summed E-state index contributed by atoms with van der Waals surface area (Å²) in [5.74, 6) is 0.351. The van der Waals surface area contributed by atoms with Crippen LogP contribution in [0.1, 0.15) is 18.9 Å². The minimum absolute atomic E-state index is 0.143. The molecule has 0 saturated carbocycles. The SMILES string of the molecule is CCC(N)Cc1cc(I)ccc1O. The monoisotopic (exact) mass is 291 g/mol. The van der Waals surface area contributed by atoms with Crippen molar-refractivity contribution in [3.63, 3.8) is 0 Å². The van der Waals surface area contributed by atoms with E-state index in [9.17, 15) is 5.11 Å². The van der Waals surface area contributed by atoms with Crippen LogP contribution >= 0.6 is 22.6 Å². The van der Waals surface area contributed by atoms with Gasteiger partial charge in [0.05, 0.1) is 0 Å². The Morgan fingerprint density at radius 2 is 2.23 bits per heavy atom. The molecular formula is C10H14INO. The van der Waals surface area contributed by atoms with Gasteiger partial charge < -0.3 is 10.8 Å². The zero-order valence-corrected chi connectivity index (χ0v) is 9.78. The van der Waals surface area contributed by atoms with Crippen molar-refractivity contribution in [3.05, 3.63) is 27.3 Å². The summed E-state index contributed by atoms with van der Waals surface area (Å²) in [5.41, 5.74) is 6.76. The predicted molar refractivity (Wildman–Crippen MR) is 62.8 cm³/mol. The second-order valence-electron chi connectivity index (χ2n) is 3.15. The van der Waals surface area contributed by atoms with Crippen molar-refractivity contribution in [1.29, 1.82) is 0 Å². The fourth-order valence-electron chi connectivity index (χ4n) is 1.14. The topological polar surface area (TPSA) is 46.2 Å². The number of benzene rings is 1. The summed E-state index contributed by atoms with van der Waals surface area (Å²) in [5, 5.41) is 9.52. The van der Waals surface area contributed by atoms with E-state index in [4.69, 9.17) is 5.73 Å². The lowest BCUT2D eigenvalue weighted by Crippen LogP contribution is -2.21. The molecule has 3 N–H and O–H groups in total. The lowest BCUT2D eigenvalue weighted by Gasteiger charge is -2.10. The minimum atomic E-state index is 0.143. The molecule has 0 spiro atoms. The lowest BCUT2D eigenvalue weighted by molar-refractivity contribution is 0.463. The molecule has 3 heteroatoms. The van der Waals surface area contributed by atoms with Crippen molar-refractivity contribution in [2.24, 2.45) is 5.73 Å². The zero-order chi connectivity index (χ0) is 9.84. The molecule has 0 aliphatic rings. The van der Waals surface area contributed by atoms with E-state index in [0.717, 1.165) is 22.0 Å². The summed E-state index contributed by atoms with van der Waals surface area (Å²) in [4.78, 5) is 0. The van der Waals surface area contributed by atoms with Crippen LogP contribution in [-0.4, -0.2) is 11.1 Å². The highest BCUT2D eigenvalue weighted by Crippen LogP contribution is 2.21. The van der Waals surface area contributed by atoms with E-state index in [0.29, 0.717) is 5.75 Å². The molecule has 1 unspecified atom stereocenters. The molecule has 1 aromatic rings. The van der Waals surface area contributed by atoms with Crippen LogP contribution in [0.2, 0.25) is 0 Å². The summed E-state index contributed by atoms with van der Waals surface area (Å²) in [6.07, 6.45) is 1.68. The molecule has 0 aromatic heterocycles. The van der Waals surface area contributed by atoms with E-state index in [2.05, 4.69) is 29.5 Å². The maximum absolute atomic E-state index is 9.52. The van der Waals surface area contributed by atoms with E-state index >= 15 is 0 Å². The summed E-state index contributed by atoms with van der Waals surface area (Å²) < 4.78 is 1.13. The number of aromatic hydroxyl groups is 1. The van der Waals surface area contributed by atoms with Crippen molar-refractivity contribution in [1.82, 2.24) is 0 Å². The number of hydrogen-bond acceptors (Lipinski definition) is 2. The molecule has 0 amide bonds. The number of nitrogens with two attached hydrogens (primary N) is 1. The molecule has 0 aliphatic carbocycles. The average molecular weight is 291 g/mol. The van der Waals surface area contributed by atoms with Gasteiger partial charge in [-0.25, -0.2) is 0 Å². The molecule has 0 radical (unpaired) electrons. The molecule has 1 atom stereocenters. The number of phenols is 1. The summed E-state index contributed by atoms with van der Waals surface area (Å²) >= 11 is 2.23. The van der Waals surface area contributed by atoms with Crippen molar-refractivity contribution in [3.8, 4) is 5.75 Å².